The standard InChI is InChI=1S/C45H39N3O5S/c1-2-52-38-27-23-36(24-28-38)46-45(51)42(34-15-8-4-9-16-34)54-40-20-12-19-37(30-40)47-44(50)41(48-43(49)35-17-10-5-11-18-35)29-32-21-25-39(26-22-32)53-31-33-13-6-3-7-14-33/h3-30,42H,2,31H2,1H3,(H,46,51)(H,47,50)(H,48,49)/b41-29-. The SMILES string of the molecule is CCOc1ccc(NC(=O)C(Sc2cccc(NC(=O)/C(=C/c3ccc(OCc4ccccc4)cc3)NC(=O)c3ccccc3)c2)c2ccccc2)cc1. The summed E-state index contributed by atoms with van der Waals surface area (Å²) in [4.78, 5) is 41.5. The van der Waals surface area contributed by atoms with Crippen molar-refractivity contribution in [2.75, 3.05) is 17.2 Å². The molecule has 3 amide bonds. The van der Waals surface area contributed by atoms with E-state index in [4.69, 9.17) is 9.47 Å². The zero-order valence-electron chi connectivity index (χ0n) is 29.6. The molecule has 0 aliphatic heterocycles. The summed E-state index contributed by atoms with van der Waals surface area (Å²) >= 11 is 1.36. The molecular weight excluding hydrogens is 695 g/mol. The molecule has 6 aromatic carbocycles. The Kier molecular flexibility index (Phi) is 12.9. The molecule has 0 saturated carbocycles. The first kappa shape index (κ1) is 37.2. The van der Waals surface area contributed by atoms with Gasteiger partial charge in [-0.3, -0.25) is 14.4 Å². The smallest absolute Gasteiger partial charge is 0.272 e. The molecule has 0 aliphatic carbocycles. The lowest BCUT2D eigenvalue weighted by Crippen LogP contribution is -2.30. The molecule has 54 heavy (non-hydrogen) atoms. The van der Waals surface area contributed by atoms with Crippen LogP contribution >= 0.6 is 11.8 Å². The van der Waals surface area contributed by atoms with Crippen molar-refractivity contribution in [3.8, 4) is 11.5 Å². The Balaban J connectivity index is 1.19. The van der Waals surface area contributed by atoms with Crippen molar-refractivity contribution >= 4 is 46.9 Å². The van der Waals surface area contributed by atoms with E-state index in [0.717, 1.165) is 21.8 Å². The molecule has 0 saturated heterocycles. The second kappa shape index (κ2) is 18.8. The van der Waals surface area contributed by atoms with E-state index in [9.17, 15) is 14.4 Å². The van der Waals surface area contributed by atoms with Crippen molar-refractivity contribution in [3.05, 3.63) is 192 Å². The number of hydrogen-bond donors (Lipinski definition) is 3. The predicted molar refractivity (Wildman–Crippen MR) is 215 cm³/mol. The summed E-state index contributed by atoms with van der Waals surface area (Å²) in [6.07, 6.45) is 1.62. The second-order valence-corrected chi connectivity index (χ2v) is 13.2. The molecule has 9 heteroatoms. The quantitative estimate of drug-likeness (QED) is 0.0718. The normalized spacial score (nSPS) is 11.5. The number of hydrogen-bond acceptors (Lipinski definition) is 6. The third-order valence-electron chi connectivity index (χ3n) is 8.09. The number of anilines is 2. The van der Waals surface area contributed by atoms with Gasteiger partial charge in [-0.05, 0) is 96.4 Å². The lowest BCUT2D eigenvalue weighted by atomic mass is 10.1. The molecule has 6 rings (SSSR count). The number of carbonyl (C=O) groups is 3. The van der Waals surface area contributed by atoms with Gasteiger partial charge in [0.25, 0.3) is 11.8 Å². The van der Waals surface area contributed by atoms with E-state index in [1.54, 1.807) is 42.5 Å². The molecule has 0 fully saturated rings. The van der Waals surface area contributed by atoms with Crippen LogP contribution in [-0.2, 0) is 16.2 Å². The lowest BCUT2D eigenvalue weighted by Gasteiger charge is -2.18. The molecule has 0 bridgehead atoms. The van der Waals surface area contributed by atoms with Gasteiger partial charge in [-0.15, -0.1) is 11.8 Å². The summed E-state index contributed by atoms with van der Waals surface area (Å²) in [5.74, 6) is 0.261. The molecule has 0 radical (unpaired) electrons. The molecule has 3 N–H and O–H groups in total. The second-order valence-electron chi connectivity index (χ2n) is 12.1. The van der Waals surface area contributed by atoms with Crippen LogP contribution in [0.15, 0.2) is 174 Å². The van der Waals surface area contributed by atoms with Crippen LogP contribution in [0, 0.1) is 0 Å². The summed E-state index contributed by atoms with van der Waals surface area (Å²) in [5.41, 5.74) is 4.17. The molecule has 0 aliphatic rings. The maximum atomic E-state index is 13.8. The van der Waals surface area contributed by atoms with Gasteiger partial charge in [-0.2, -0.15) is 0 Å². The van der Waals surface area contributed by atoms with Crippen molar-refractivity contribution < 1.29 is 23.9 Å². The molecule has 0 aromatic heterocycles. The van der Waals surface area contributed by atoms with E-state index in [0.29, 0.717) is 41.5 Å². The van der Waals surface area contributed by atoms with Crippen LogP contribution in [0.4, 0.5) is 11.4 Å². The molecule has 0 heterocycles. The highest BCUT2D eigenvalue weighted by Gasteiger charge is 2.23. The van der Waals surface area contributed by atoms with Gasteiger partial charge in [0.2, 0.25) is 5.91 Å². The topological polar surface area (TPSA) is 106 Å². The Morgan fingerprint density at radius 2 is 1.28 bits per heavy atom. The number of ether oxygens (including phenoxy) is 2. The number of nitrogens with one attached hydrogen (secondary N) is 3. The summed E-state index contributed by atoms with van der Waals surface area (Å²) in [5, 5.41) is 8.16. The molecule has 8 nitrogen and oxygen atoms in total. The summed E-state index contributed by atoms with van der Waals surface area (Å²) in [6, 6.07) is 49.9. The third kappa shape index (κ3) is 10.7. The van der Waals surface area contributed by atoms with E-state index >= 15 is 0 Å². The van der Waals surface area contributed by atoms with Crippen LogP contribution < -0.4 is 25.4 Å². The van der Waals surface area contributed by atoms with Crippen LogP contribution in [0.1, 0.15) is 39.2 Å². The van der Waals surface area contributed by atoms with E-state index in [1.807, 2.05) is 134 Å². The third-order valence-corrected chi connectivity index (χ3v) is 9.34. The zero-order chi connectivity index (χ0) is 37.5. The minimum absolute atomic E-state index is 0.0526. The number of amides is 3. The van der Waals surface area contributed by atoms with Gasteiger partial charge in [0.15, 0.2) is 0 Å². The van der Waals surface area contributed by atoms with E-state index in [1.165, 1.54) is 11.8 Å². The largest absolute Gasteiger partial charge is 0.494 e. The number of carbonyl (C=O) groups excluding carboxylic acids is 3. The zero-order valence-corrected chi connectivity index (χ0v) is 30.4. The first-order valence-corrected chi connectivity index (χ1v) is 18.3. The number of rotatable bonds is 15. The molecule has 270 valence electrons. The average molecular weight is 734 g/mol. The Morgan fingerprint density at radius 1 is 0.648 bits per heavy atom. The average Bonchev–Trinajstić information content (AvgIpc) is 3.21. The first-order valence-electron chi connectivity index (χ1n) is 17.4. The molecular formula is C45H39N3O5S. The van der Waals surface area contributed by atoms with Gasteiger partial charge >= 0.3 is 0 Å². The number of benzene rings is 6. The lowest BCUT2D eigenvalue weighted by molar-refractivity contribution is -0.116. The van der Waals surface area contributed by atoms with Gasteiger partial charge in [0.1, 0.15) is 29.1 Å². The van der Waals surface area contributed by atoms with Crippen LogP contribution in [0.5, 0.6) is 11.5 Å². The number of thioether (sulfide) groups is 1. The molecule has 1 unspecified atom stereocenters. The fourth-order valence-electron chi connectivity index (χ4n) is 5.40. The first-order chi connectivity index (χ1) is 26.4. The molecule has 1 atom stereocenters. The van der Waals surface area contributed by atoms with Gasteiger partial charge in [-0.1, -0.05) is 97.1 Å². The van der Waals surface area contributed by atoms with Crippen LogP contribution in [0.25, 0.3) is 6.08 Å². The predicted octanol–water partition coefficient (Wildman–Crippen LogP) is 9.55. The van der Waals surface area contributed by atoms with Crippen LogP contribution in [0.3, 0.4) is 0 Å². The van der Waals surface area contributed by atoms with Crippen molar-refractivity contribution in [1.82, 2.24) is 5.32 Å². The summed E-state index contributed by atoms with van der Waals surface area (Å²) < 4.78 is 11.5. The maximum Gasteiger partial charge on any atom is 0.272 e. The Hall–Kier alpha value is -6.58. The van der Waals surface area contributed by atoms with E-state index in [2.05, 4.69) is 16.0 Å². The van der Waals surface area contributed by atoms with Gasteiger partial charge in [0, 0.05) is 21.8 Å². The molecule has 0 spiro atoms. The van der Waals surface area contributed by atoms with Gasteiger partial charge < -0.3 is 25.4 Å². The monoisotopic (exact) mass is 733 g/mol. The van der Waals surface area contributed by atoms with Crippen molar-refractivity contribution in [2.45, 2.75) is 23.7 Å². The fraction of sp³-hybridized carbons (Fsp3) is 0.0889. The molecule has 6 aromatic rings. The van der Waals surface area contributed by atoms with E-state index in [-0.39, 0.29) is 11.6 Å². The fourth-order valence-corrected chi connectivity index (χ4v) is 6.49. The van der Waals surface area contributed by atoms with Crippen molar-refractivity contribution in [2.24, 2.45) is 0 Å². The Labute approximate surface area is 319 Å². The van der Waals surface area contributed by atoms with E-state index < -0.39 is 17.1 Å². The maximum absolute atomic E-state index is 13.8. The van der Waals surface area contributed by atoms with Crippen LogP contribution in [-0.4, -0.2) is 24.3 Å². The van der Waals surface area contributed by atoms with Gasteiger partial charge in [-0.25, -0.2) is 0 Å². The van der Waals surface area contributed by atoms with Crippen LogP contribution in [0.2, 0.25) is 0 Å². The highest BCUT2D eigenvalue weighted by molar-refractivity contribution is 8.00. The highest BCUT2D eigenvalue weighted by atomic mass is 32.2. The Morgan fingerprint density at radius 3 is 1.96 bits per heavy atom. The van der Waals surface area contributed by atoms with Crippen molar-refractivity contribution in [3.63, 3.8) is 0 Å². The minimum Gasteiger partial charge on any atom is -0.494 e. The summed E-state index contributed by atoms with van der Waals surface area (Å²) in [6.45, 7) is 2.90. The highest BCUT2D eigenvalue weighted by Crippen LogP contribution is 2.37. The Bertz CT molecular complexity index is 2180. The summed E-state index contributed by atoms with van der Waals surface area (Å²) in [7, 11) is 0. The minimum atomic E-state index is -0.594. The van der Waals surface area contributed by atoms with Gasteiger partial charge in [0.05, 0.1) is 6.61 Å². The van der Waals surface area contributed by atoms with Crippen molar-refractivity contribution in [1.29, 1.82) is 0 Å².